The molecular weight excluding hydrogens is 403 g/mol. The Morgan fingerprint density at radius 2 is 1.90 bits per heavy atom. The second-order valence-electron chi connectivity index (χ2n) is 6.00. The van der Waals surface area contributed by atoms with Crippen molar-refractivity contribution < 1.29 is 22.8 Å². The maximum atomic E-state index is 13.4. The van der Waals surface area contributed by atoms with E-state index in [9.17, 15) is 28.0 Å². The van der Waals surface area contributed by atoms with Crippen molar-refractivity contribution in [2.75, 3.05) is 18.5 Å². The van der Waals surface area contributed by atoms with Crippen molar-refractivity contribution in [3.8, 4) is 5.75 Å². The molecule has 9 nitrogen and oxygen atoms in total. The molecule has 0 fully saturated rings. The van der Waals surface area contributed by atoms with Gasteiger partial charge in [-0.2, -0.15) is 9.41 Å². The van der Waals surface area contributed by atoms with E-state index >= 15 is 0 Å². The van der Waals surface area contributed by atoms with Crippen LogP contribution in [0.4, 0.5) is 15.8 Å². The number of aromatic hydroxyl groups is 1. The zero-order valence-electron chi connectivity index (χ0n) is 16.1. The Morgan fingerprint density at radius 3 is 2.48 bits per heavy atom. The lowest BCUT2D eigenvalue weighted by Gasteiger charge is -2.18. The summed E-state index contributed by atoms with van der Waals surface area (Å²) in [5.41, 5.74) is 2.23. The van der Waals surface area contributed by atoms with E-state index in [1.807, 2.05) is 0 Å². The average Bonchev–Trinajstić information content (AvgIpc) is 2.68. The summed E-state index contributed by atoms with van der Waals surface area (Å²) in [6.45, 7) is 5.28. The molecule has 2 N–H and O–H groups in total. The number of nitro groups is 1. The summed E-state index contributed by atoms with van der Waals surface area (Å²) in [5, 5.41) is 25.2. The van der Waals surface area contributed by atoms with Crippen LogP contribution >= 0.6 is 0 Å². The van der Waals surface area contributed by atoms with Crippen molar-refractivity contribution >= 4 is 27.1 Å². The monoisotopic (exact) mass is 424 g/mol. The van der Waals surface area contributed by atoms with Crippen LogP contribution in [0.2, 0.25) is 0 Å². The van der Waals surface area contributed by atoms with E-state index in [0.29, 0.717) is 0 Å². The third-order valence-electron chi connectivity index (χ3n) is 4.20. The highest BCUT2D eigenvalue weighted by atomic mass is 32.2. The summed E-state index contributed by atoms with van der Waals surface area (Å²) >= 11 is 0. The highest BCUT2D eigenvalue weighted by molar-refractivity contribution is 7.89. The molecule has 0 aromatic heterocycles. The number of rotatable bonds is 8. The molecule has 0 saturated carbocycles. The number of halogens is 1. The SMILES string of the molecule is CCN(CC)S(=O)(=O)c1ccc(NN=C(C)c2cc(F)ccc2O)c([N+](=O)[O-])c1. The van der Waals surface area contributed by atoms with Crippen molar-refractivity contribution in [2.24, 2.45) is 5.10 Å². The Morgan fingerprint density at radius 1 is 1.24 bits per heavy atom. The summed E-state index contributed by atoms with van der Waals surface area (Å²) in [5.74, 6) is -0.783. The molecule has 0 atom stereocenters. The van der Waals surface area contributed by atoms with Crippen LogP contribution in [-0.2, 0) is 10.0 Å². The van der Waals surface area contributed by atoms with Gasteiger partial charge in [0, 0.05) is 24.7 Å². The van der Waals surface area contributed by atoms with Crippen molar-refractivity contribution in [3.63, 3.8) is 0 Å². The molecule has 0 aliphatic heterocycles. The summed E-state index contributed by atoms with van der Waals surface area (Å²) in [6.07, 6.45) is 0. The smallest absolute Gasteiger partial charge is 0.295 e. The van der Waals surface area contributed by atoms with Crippen molar-refractivity contribution in [1.29, 1.82) is 0 Å². The maximum absolute atomic E-state index is 13.4. The molecule has 2 aromatic rings. The Hall–Kier alpha value is -3.05. The Labute approximate surface area is 167 Å². The number of nitrogens with one attached hydrogen (secondary N) is 1. The number of sulfonamides is 1. The fraction of sp³-hybridized carbons (Fsp3) is 0.278. The summed E-state index contributed by atoms with van der Waals surface area (Å²) in [4.78, 5) is 10.5. The first-order valence-electron chi connectivity index (χ1n) is 8.69. The molecule has 11 heteroatoms. The molecule has 0 aliphatic rings. The van der Waals surface area contributed by atoms with Gasteiger partial charge < -0.3 is 5.11 Å². The third-order valence-corrected chi connectivity index (χ3v) is 6.25. The van der Waals surface area contributed by atoms with Gasteiger partial charge in [-0.3, -0.25) is 15.5 Å². The van der Waals surface area contributed by atoms with Gasteiger partial charge in [-0.1, -0.05) is 13.8 Å². The Kier molecular flexibility index (Phi) is 6.88. The predicted octanol–water partition coefficient (Wildman–Crippen LogP) is 3.31. The van der Waals surface area contributed by atoms with Crippen LogP contribution in [0.5, 0.6) is 5.75 Å². The molecule has 0 amide bonds. The predicted molar refractivity (Wildman–Crippen MR) is 107 cm³/mol. The van der Waals surface area contributed by atoms with Crippen LogP contribution in [0.3, 0.4) is 0 Å². The first-order valence-corrected chi connectivity index (χ1v) is 10.1. The molecule has 0 aliphatic carbocycles. The number of benzene rings is 2. The molecule has 0 saturated heterocycles. The number of hydrogen-bond donors (Lipinski definition) is 2. The largest absolute Gasteiger partial charge is 0.507 e. The van der Waals surface area contributed by atoms with Crippen molar-refractivity contribution in [2.45, 2.75) is 25.7 Å². The average molecular weight is 424 g/mol. The standard InChI is InChI=1S/C18H21FN4O5S/c1-4-22(5-2)29(27,28)14-7-8-16(17(11-14)23(25)26)21-20-12(3)15-10-13(19)6-9-18(15)24/h6-11,21,24H,4-5H2,1-3H3. The molecule has 0 heterocycles. The number of hydrogen-bond acceptors (Lipinski definition) is 7. The van der Waals surface area contributed by atoms with E-state index in [0.717, 1.165) is 18.2 Å². The second kappa shape index (κ2) is 8.97. The van der Waals surface area contributed by atoms with E-state index in [1.54, 1.807) is 13.8 Å². The number of anilines is 1. The van der Waals surface area contributed by atoms with Crippen LogP contribution in [0.25, 0.3) is 0 Å². The minimum Gasteiger partial charge on any atom is -0.507 e. The van der Waals surface area contributed by atoms with Crippen molar-refractivity contribution in [3.05, 3.63) is 57.9 Å². The van der Waals surface area contributed by atoms with Gasteiger partial charge >= 0.3 is 0 Å². The molecule has 156 valence electrons. The van der Waals surface area contributed by atoms with E-state index < -0.39 is 26.5 Å². The van der Waals surface area contributed by atoms with E-state index in [2.05, 4.69) is 10.5 Å². The minimum atomic E-state index is -3.87. The number of nitro benzene ring substituents is 1. The zero-order valence-corrected chi connectivity index (χ0v) is 16.9. The summed E-state index contributed by atoms with van der Waals surface area (Å²) in [6, 6.07) is 6.76. The van der Waals surface area contributed by atoms with Gasteiger partial charge in [0.2, 0.25) is 10.0 Å². The van der Waals surface area contributed by atoms with Crippen molar-refractivity contribution in [1.82, 2.24) is 4.31 Å². The zero-order chi connectivity index (χ0) is 21.8. The number of hydrazone groups is 1. The number of phenols is 1. The van der Waals surface area contributed by atoms with E-state index in [1.165, 1.54) is 29.4 Å². The molecule has 0 radical (unpaired) electrons. The van der Waals surface area contributed by atoms with Crippen LogP contribution in [0.15, 0.2) is 46.4 Å². The first kappa shape index (κ1) is 22.2. The normalized spacial score (nSPS) is 12.2. The van der Waals surface area contributed by atoms with Crippen LogP contribution in [-0.4, -0.2) is 41.6 Å². The second-order valence-corrected chi connectivity index (χ2v) is 7.93. The van der Waals surface area contributed by atoms with Gasteiger partial charge in [0.15, 0.2) is 0 Å². The molecule has 0 spiro atoms. The van der Waals surface area contributed by atoms with Crippen LogP contribution in [0.1, 0.15) is 26.3 Å². The lowest BCUT2D eigenvalue weighted by atomic mass is 10.1. The highest BCUT2D eigenvalue weighted by Crippen LogP contribution is 2.29. The number of phenolic OH excluding ortho intramolecular Hbond substituents is 1. The molecular formula is C18H21FN4O5S. The Balaban J connectivity index is 2.42. The van der Waals surface area contributed by atoms with E-state index in [4.69, 9.17) is 0 Å². The first-order chi connectivity index (χ1) is 13.6. The van der Waals surface area contributed by atoms with Crippen LogP contribution < -0.4 is 5.43 Å². The highest BCUT2D eigenvalue weighted by Gasteiger charge is 2.25. The lowest BCUT2D eigenvalue weighted by Crippen LogP contribution is -2.30. The maximum Gasteiger partial charge on any atom is 0.295 e. The molecule has 29 heavy (non-hydrogen) atoms. The quantitative estimate of drug-likeness (QED) is 0.380. The Bertz CT molecular complexity index is 1050. The molecule has 2 rings (SSSR count). The fourth-order valence-corrected chi connectivity index (χ4v) is 4.11. The molecule has 0 bridgehead atoms. The van der Waals surface area contributed by atoms with Gasteiger partial charge in [0.1, 0.15) is 17.3 Å². The van der Waals surface area contributed by atoms with Gasteiger partial charge in [-0.15, -0.1) is 0 Å². The fourth-order valence-electron chi connectivity index (χ4n) is 2.63. The lowest BCUT2D eigenvalue weighted by molar-refractivity contribution is -0.384. The van der Waals surface area contributed by atoms with Gasteiger partial charge in [0.25, 0.3) is 5.69 Å². The van der Waals surface area contributed by atoms with Gasteiger partial charge in [-0.25, -0.2) is 12.8 Å². The topological polar surface area (TPSA) is 125 Å². The molecule has 2 aromatic carbocycles. The van der Waals surface area contributed by atoms with E-state index in [-0.39, 0.29) is 40.7 Å². The van der Waals surface area contributed by atoms with Gasteiger partial charge in [0.05, 0.1) is 15.5 Å². The van der Waals surface area contributed by atoms with Gasteiger partial charge in [-0.05, 0) is 37.3 Å². The third kappa shape index (κ3) is 4.87. The summed E-state index contributed by atoms with van der Waals surface area (Å²) in [7, 11) is -3.87. The summed E-state index contributed by atoms with van der Waals surface area (Å²) < 4.78 is 39.8. The number of nitrogens with zero attached hydrogens (tertiary/aromatic N) is 3. The van der Waals surface area contributed by atoms with Crippen LogP contribution in [0, 0.1) is 15.9 Å². The minimum absolute atomic E-state index is 0.0521. The molecule has 0 unspecified atom stereocenters.